The largest absolute Gasteiger partial charge is 0.488 e. The minimum Gasteiger partial charge on any atom is -0.488 e. The number of carbonyl (C=O) groups is 2. The van der Waals surface area contributed by atoms with Crippen LogP contribution in [0.25, 0.3) is 0 Å². The van der Waals surface area contributed by atoms with Gasteiger partial charge in [-0.2, -0.15) is 0 Å². The zero-order chi connectivity index (χ0) is 20.5. The molecule has 2 heterocycles. The van der Waals surface area contributed by atoms with Crippen LogP contribution in [-0.4, -0.2) is 54.3 Å². The minimum atomic E-state index is -0.626. The van der Waals surface area contributed by atoms with Crippen molar-refractivity contribution in [3.8, 4) is 5.75 Å². The van der Waals surface area contributed by atoms with Crippen LogP contribution in [0.2, 0.25) is 0 Å². The first-order chi connectivity index (χ1) is 13.9. The minimum absolute atomic E-state index is 0.106. The smallest absolute Gasteiger partial charge is 0.337 e. The van der Waals surface area contributed by atoms with Gasteiger partial charge in [-0.3, -0.25) is 4.79 Å². The maximum absolute atomic E-state index is 12.7. The fraction of sp³-hybridized carbons (Fsp3) is 0.455. The van der Waals surface area contributed by atoms with Crippen molar-refractivity contribution in [3.63, 3.8) is 0 Å². The van der Waals surface area contributed by atoms with Gasteiger partial charge in [0.15, 0.2) is 5.76 Å². The molecule has 0 spiro atoms. The molecule has 0 unspecified atom stereocenters. The predicted molar refractivity (Wildman–Crippen MR) is 104 cm³/mol. The number of benzene rings is 1. The van der Waals surface area contributed by atoms with Crippen molar-refractivity contribution < 1.29 is 28.6 Å². The fourth-order valence-electron chi connectivity index (χ4n) is 4.38. The van der Waals surface area contributed by atoms with Crippen LogP contribution < -0.4 is 4.74 Å². The van der Waals surface area contributed by atoms with Gasteiger partial charge in [0.05, 0.1) is 18.8 Å². The number of likely N-dealkylation sites (tertiary alicyclic amines) is 1. The van der Waals surface area contributed by atoms with Crippen LogP contribution in [0.5, 0.6) is 5.75 Å². The third kappa shape index (κ3) is 4.00. The van der Waals surface area contributed by atoms with Crippen LogP contribution in [0.15, 0.2) is 40.8 Å². The van der Waals surface area contributed by atoms with Crippen molar-refractivity contribution in [2.45, 2.75) is 32.0 Å². The Bertz CT molecular complexity index is 906. The fourth-order valence-corrected chi connectivity index (χ4v) is 4.38. The lowest BCUT2D eigenvalue weighted by atomic mass is 9.78. The van der Waals surface area contributed by atoms with Crippen LogP contribution >= 0.6 is 0 Å². The number of hydrogen-bond donors (Lipinski definition) is 1. The molecular formula is C22H25NO6. The second kappa shape index (κ2) is 7.91. The van der Waals surface area contributed by atoms with E-state index in [-0.39, 0.29) is 23.8 Å². The van der Waals surface area contributed by atoms with Gasteiger partial charge in [-0.05, 0) is 61.9 Å². The van der Waals surface area contributed by atoms with E-state index in [1.165, 1.54) is 7.11 Å². The van der Waals surface area contributed by atoms with Gasteiger partial charge in [-0.15, -0.1) is 0 Å². The number of furan rings is 1. The summed E-state index contributed by atoms with van der Waals surface area (Å²) in [4.78, 5) is 26.2. The Morgan fingerprint density at radius 1 is 1.14 bits per heavy atom. The van der Waals surface area contributed by atoms with E-state index in [4.69, 9.17) is 13.9 Å². The SMILES string of the molecule is COC(=O)c1cccc(O[C@@H]2C[C@@H]3CN(C(=O)c4ccc(C)o4)C[C@@H]3C[C@H]2O)c1. The highest BCUT2D eigenvalue weighted by Crippen LogP contribution is 2.38. The summed E-state index contributed by atoms with van der Waals surface area (Å²) < 4.78 is 16.2. The number of methoxy groups -OCH3 is 1. The molecule has 4 rings (SSSR count). The van der Waals surface area contributed by atoms with Crippen LogP contribution in [0.1, 0.15) is 39.5 Å². The third-order valence-electron chi connectivity index (χ3n) is 5.87. The normalized spacial score (nSPS) is 26.1. The molecule has 0 bridgehead atoms. The van der Waals surface area contributed by atoms with Crippen molar-refractivity contribution >= 4 is 11.9 Å². The quantitative estimate of drug-likeness (QED) is 0.795. The van der Waals surface area contributed by atoms with Crippen molar-refractivity contribution in [3.05, 3.63) is 53.5 Å². The molecule has 0 radical (unpaired) electrons. The molecule has 2 fully saturated rings. The van der Waals surface area contributed by atoms with Crippen LogP contribution in [0.4, 0.5) is 0 Å². The topological polar surface area (TPSA) is 89.2 Å². The van der Waals surface area contributed by atoms with Crippen LogP contribution in [-0.2, 0) is 4.74 Å². The average molecular weight is 399 g/mol. The molecule has 7 nitrogen and oxygen atoms in total. The number of carbonyl (C=O) groups excluding carboxylic acids is 2. The maximum atomic E-state index is 12.7. The molecule has 1 saturated heterocycles. The monoisotopic (exact) mass is 399 g/mol. The Morgan fingerprint density at radius 2 is 1.90 bits per heavy atom. The molecule has 2 aromatic rings. The summed E-state index contributed by atoms with van der Waals surface area (Å²) in [5.74, 6) is 1.55. The molecule has 1 aliphatic carbocycles. The predicted octanol–water partition coefficient (Wildman–Crippen LogP) is 2.67. The molecule has 1 aromatic carbocycles. The molecule has 7 heteroatoms. The van der Waals surface area contributed by atoms with Crippen LogP contribution in [0.3, 0.4) is 0 Å². The van der Waals surface area contributed by atoms with E-state index in [2.05, 4.69) is 0 Å². The molecule has 1 amide bonds. The number of ether oxygens (including phenoxy) is 2. The summed E-state index contributed by atoms with van der Waals surface area (Å²) in [6.07, 6.45) is 0.214. The maximum Gasteiger partial charge on any atom is 0.337 e. The number of aliphatic hydroxyl groups excluding tert-OH is 1. The molecule has 4 atom stereocenters. The first-order valence-corrected chi connectivity index (χ1v) is 9.83. The Labute approximate surface area is 169 Å². The summed E-state index contributed by atoms with van der Waals surface area (Å²) in [6, 6.07) is 10.2. The van der Waals surface area contributed by atoms with Gasteiger partial charge in [0.1, 0.15) is 17.6 Å². The Balaban J connectivity index is 1.42. The van der Waals surface area contributed by atoms with Gasteiger partial charge in [0.2, 0.25) is 0 Å². The van der Waals surface area contributed by atoms with Gasteiger partial charge in [0.25, 0.3) is 5.91 Å². The summed E-state index contributed by atoms with van der Waals surface area (Å²) in [6.45, 7) is 3.05. The number of rotatable bonds is 4. The van der Waals surface area contributed by atoms with Gasteiger partial charge in [-0.1, -0.05) is 6.07 Å². The van der Waals surface area contributed by atoms with Crippen molar-refractivity contribution in [1.29, 1.82) is 0 Å². The van der Waals surface area contributed by atoms with E-state index in [1.807, 2.05) is 6.92 Å². The lowest BCUT2D eigenvalue weighted by Gasteiger charge is -2.35. The average Bonchev–Trinajstić information content (AvgIpc) is 3.33. The highest BCUT2D eigenvalue weighted by Gasteiger charge is 2.44. The molecule has 154 valence electrons. The van der Waals surface area contributed by atoms with Gasteiger partial charge in [-0.25, -0.2) is 4.79 Å². The van der Waals surface area contributed by atoms with Gasteiger partial charge >= 0.3 is 5.97 Å². The number of fused-ring (bicyclic) bond motifs is 1. The van der Waals surface area contributed by atoms with Crippen molar-refractivity contribution in [1.82, 2.24) is 4.90 Å². The number of nitrogens with zero attached hydrogens (tertiary/aromatic N) is 1. The second-order valence-electron chi connectivity index (χ2n) is 7.86. The molecule has 1 saturated carbocycles. The Hall–Kier alpha value is -2.80. The molecule has 1 aromatic heterocycles. The van der Waals surface area contributed by atoms with Crippen molar-refractivity contribution in [2.24, 2.45) is 11.8 Å². The van der Waals surface area contributed by atoms with Crippen LogP contribution in [0, 0.1) is 18.8 Å². The van der Waals surface area contributed by atoms with Crippen molar-refractivity contribution in [2.75, 3.05) is 20.2 Å². The molecule has 1 N–H and O–H groups in total. The Morgan fingerprint density at radius 3 is 2.59 bits per heavy atom. The first kappa shape index (κ1) is 19.5. The van der Waals surface area contributed by atoms with Gasteiger partial charge < -0.3 is 23.9 Å². The summed E-state index contributed by atoms with van der Waals surface area (Å²) >= 11 is 0. The summed E-state index contributed by atoms with van der Waals surface area (Å²) in [7, 11) is 1.33. The van der Waals surface area contributed by atoms with E-state index in [0.29, 0.717) is 48.8 Å². The summed E-state index contributed by atoms with van der Waals surface area (Å²) in [5.41, 5.74) is 0.402. The molecular weight excluding hydrogens is 374 g/mol. The number of aryl methyl sites for hydroxylation is 1. The molecule has 2 aliphatic rings. The second-order valence-corrected chi connectivity index (χ2v) is 7.86. The first-order valence-electron chi connectivity index (χ1n) is 9.83. The molecule has 29 heavy (non-hydrogen) atoms. The van der Waals surface area contributed by atoms with Gasteiger partial charge in [0, 0.05) is 13.1 Å². The van der Waals surface area contributed by atoms with E-state index in [9.17, 15) is 14.7 Å². The Kier molecular flexibility index (Phi) is 5.32. The number of hydrogen-bond acceptors (Lipinski definition) is 6. The number of amides is 1. The highest BCUT2D eigenvalue weighted by molar-refractivity contribution is 5.91. The van der Waals surface area contributed by atoms with E-state index in [0.717, 1.165) is 0 Å². The lowest BCUT2D eigenvalue weighted by Crippen LogP contribution is -2.42. The van der Waals surface area contributed by atoms with E-state index in [1.54, 1.807) is 41.3 Å². The third-order valence-corrected chi connectivity index (χ3v) is 5.87. The zero-order valence-corrected chi connectivity index (χ0v) is 16.5. The number of esters is 1. The summed E-state index contributed by atoms with van der Waals surface area (Å²) in [5, 5.41) is 10.6. The standard InChI is InChI=1S/C22H25NO6/c1-13-6-7-19(28-13)21(25)23-11-15-9-18(24)20(10-16(15)12-23)29-17-5-3-4-14(8-17)22(26)27-2/h3-8,15-16,18,20,24H,9-12H2,1-2H3/t15-,16+,18+,20+/m0/s1. The highest BCUT2D eigenvalue weighted by atomic mass is 16.5. The van der Waals surface area contributed by atoms with E-state index < -0.39 is 12.1 Å². The number of aliphatic hydroxyl groups is 1. The van der Waals surface area contributed by atoms with E-state index >= 15 is 0 Å². The molecule has 1 aliphatic heterocycles. The zero-order valence-electron chi connectivity index (χ0n) is 16.5. The lowest BCUT2D eigenvalue weighted by molar-refractivity contribution is -0.0231.